The maximum Gasteiger partial charge on any atom is 0.387 e. The summed E-state index contributed by atoms with van der Waals surface area (Å²) in [6, 6.07) is 0. The Morgan fingerprint density at radius 2 is 2.07 bits per heavy atom. The summed E-state index contributed by atoms with van der Waals surface area (Å²) in [5, 5.41) is 10.5. The first kappa shape index (κ1) is 10.6. The molecular formula is C6H4ClF2N3O2. The van der Waals surface area contributed by atoms with Crippen LogP contribution >= 0.6 is 11.6 Å². The molecule has 0 aliphatic rings. The van der Waals surface area contributed by atoms with Gasteiger partial charge in [0, 0.05) is 0 Å². The van der Waals surface area contributed by atoms with Gasteiger partial charge in [0.2, 0.25) is 5.17 Å². The van der Waals surface area contributed by atoms with Crippen LogP contribution in [0.4, 0.5) is 8.78 Å². The van der Waals surface area contributed by atoms with Crippen LogP contribution in [0.25, 0.3) is 0 Å². The number of hydrogen-bond donors (Lipinski definition) is 1. The minimum atomic E-state index is -2.94. The minimum Gasteiger partial charge on any atom is -0.432 e. The first-order valence-electron chi connectivity index (χ1n) is 3.28. The SMILES string of the molecule is O/N=C(/Cl)c1ncc(OC(F)F)cn1. The normalized spacial score (nSPS) is 11.9. The van der Waals surface area contributed by atoms with Crippen molar-refractivity contribution in [2.45, 2.75) is 6.61 Å². The molecule has 1 aromatic rings. The van der Waals surface area contributed by atoms with E-state index >= 15 is 0 Å². The summed E-state index contributed by atoms with van der Waals surface area (Å²) in [4.78, 5) is 7.02. The highest BCUT2D eigenvalue weighted by Gasteiger charge is 2.07. The van der Waals surface area contributed by atoms with E-state index in [9.17, 15) is 8.78 Å². The van der Waals surface area contributed by atoms with Gasteiger partial charge >= 0.3 is 6.61 Å². The second-order valence-corrected chi connectivity index (χ2v) is 2.37. The van der Waals surface area contributed by atoms with Gasteiger partial charge in [-0.1, -0.05) is 16.8 Å². The molecule has 0 spiro atoms. The van der Waals surface area contributed by atoms with Crippen LogP contribution in [0.5, 0.6) is 5.75 Å². The van der Waals surface area contributed by atoms with E-state index in [-0.39, 0.29) is 16.7 Å². The van der Waals surface area contributed by atoms with Crippen molar-refractivity contribution < 1.29 is 18.7 Å². The molecule has 14 heavy (non-hydrogen) atoms. The number of aromatic nitrogens is 2. The quantitative estimate of drug-likeness (QED) is 0.478. The maximum atomic E-state index is 11.7. The van der Waals surface area contributed by atoms with Crippen molar-refractivity contribution >= 4 is 16.8 Å². The van der Waals surface area contributed by atoms with Gasteiger partial charge < -0.3 is 9.94 Å². The zero-order valence-corrected chi connectivity index (χ0v) is 7.32. The molecule has 8 heteroatoms. The van der Waals surface area contributed by atoms with Gasteiger partial charge in [0.1, 0.15) is 0 Å². The van der Waals surface area contributed by atoms with Gasteiger partial charge in [-0.15, -0.1) is 0 Å². The molecule has 5 nitrogen and oxygen atoms in total. The number of alkyl halides is 2. The molecule has 1 N–H and O–H groups in total. The van der Waals surface area contributed by atoms with E-state index in [1.807, 2.05) is 0 Å². The first-order chi connectivity index (χ1) is 6.63. The van der Waals surface area contributed by atoms with Gasteiger partial charge in [0.05, 0.1) is 12.4 Å². The Hall–Kier alpha value is -1.50. The summed E-state index contributed by atoms with van der Waals surface area (Å²) in [6.45, 7) is -2.94. The molecular weight excluding hydrogens is 220 g/mol. The molecule has 0 aliphatic heterocycles. The van der Waals surface area contributed by atoms with Crippen molar-refractivity contribution in [2.24, 2.45) is 5.16 Å². The molecule has 0 aliphatic carbocycles. The Labute approximate surface area is 82.0 Å². The Bertz CT molecular complexity index is 330. The second kappa shape index (κ2) is 4.66. The molecule has 0 fully saturated rings. The number of nitrogens with zero attached hydrogens (tertiary/aromatic N) is 3. The minimum absolute atomic E-state index is 0.0872. The smallest absolute Gasteiger partial charge is 0.387 e. The van der Waals surface area contributed by atoms with Crippen molar-refractivity contribution in [3.63, 3.8) is 0 Å². The van der Waals surface area contributed by atoms with Crippen molar-refractivity contribution in [3.8, 4) is 5.75 Å². The van der Waals surface area contributed by atoms with Gasteiger partial charge in [0.25, 0.3) is 0 Å². The van der Waals surface area contributed by atoms with Crippen LogP contribution in [-0.2, 0) is 0 Å². The highest BCUT2D eigenvalue weighted by molar-refractivity contribution is 6.68. The zero-order valence-electron chi connectivity index (χ0n) is 6.56. The van der Waals surface area contributed by atoms with Crippen LogP contribution in [0.15, 0.2) is 17.5 Å². The number of rotatable bonds is 3. The lowest BCUT2D eigenvalue weighted by Gasteiger charge is -2.02. The van der Waals surface area contributed by atoms with Crippen LogP contribution in [-0.4, -0.2) is 27.0 Å². The van der Waals surface area contributed by atoms with E-state index in [0.29, 0.717) is 0 Å². The molecule has 0 atom stereocenters. The fourth-order valence-electron chi connectivity index (χ4n) is 0.631. The average Bonchev–Trinajstić information content (AvgIpc) is 2.17. The lowest BCUT2D eigenvalue weighted by molar-refractivity contribution is -0.0503. The topological polar surface area (TPSA) is 67.6 Å². The standard InChI is InChI=1S/C6H4ClF2N3O2/c7-4(12-13)5-10-1-3(2-11-5)14-6(8)9/h1-2,6,13H/b12-4+. The van der Waals surface area contributed by atoms with Crippen LogP contribution in [0, 0.1) is 0 Å². The van der Waals surface area contributed by atoms with E-state index in [1.54, 1.807) is 0 Å². The molecule has 1 heterocycles. The monoisotopic (exact) mass is 223 g/mol. The number of halogens is 3. The van der Waals surface area contributed by atoms with Gasteiger partial charge in [-0.25, -0.2) is 9.97 Å². The zero-order chi connectivity index (χ0) is 10.6. The maximum absolute atomic E-state index is 11.7. The van der Waals surface area contributed by atoms with Crippen LogP contribution in [0.1, 0.15) is 5.82 Å². The fourth-order valence-corrected chi connectivity index (χ4v) is 0.729. The summed E-state index contributed by atoms with van der Waals surface area (Å²) in [7, 11) is 0. The molecule has 76 valence electrons. The van der Waals surface area contributed by atoms with E-state index in [1.165, 1.54) is 0 Å². The summed E-state index contributed by atoms with van der Waals surface area (Å²) < 4.78 is 27.3. The van der Waals surface area contributed by atoms with E-state index in [4.69, 9.17) is 16.8 Å². The van der Waals surface area contributed by atoms with E-state index in [2.05, 4.69) is 19.9 Å². The molecule has 1 rings (SSSR count). The van der Waals surface area contributed by atoms with E-state index < -0.39 is 6.61 Å². The predicted molar refractivity (Wildman–Crippen MR) is 42.8 cm³/mol. The van der Waals surface area contributed by atoms with Crippen molar-refractivity contribution in [1.29, 1.82) is 0 Å². The molecule has 0 saturated carbocycles. The summed E-state index contributed by atoms with van der Waals surface area (Å²) in [6.07, 6.45) is 1.98. The summed E-state index contributed by atoms with van der Waals surface area (Å²) >= 11 is 5.33. The average molecular weight is 224 g/mol. The van der Waals surface area contributed by atoms with Gasteiger partial charge in [-0.2, -0.15) is 8.78 Å². The lowest BCUT2D eigenvalue weighted by Crippen LogP contribution is -2.05. The molecule has 0 unspecified atom stereocenters. The van der Waals surface area contributed by atoms with Crippen molar-refractivity contribution in [1.82, 2.24) is 9.97 Å². The van der Waals surface area contributed by atoms with Crippen LogP contribution < -0.4 is 4.74 Å². The third kappa shape index (κ3) is 2.77. The lowest BCUT2D eigenvalue weighted by atomic mass is 10.5. The Morgan fingerprint density at radius 3 is 2.50 bits per heavy atom. The van der Waals surface area contributed by atoms with Crippen molar-refractivity contribution in [2.75, 3.05) is 0 Å². The molecule has 0 amide bonds. The first-order valence-corrected chi connectivity index (χ1v) is 3.66. The van der Waals surface area contributed by atoms with Gasteiger partial charge in [-0.05, 0) is 0 Å². The predicted octanol–water partition coefficient (Wildman–Crippen LogP) is 1.45. The third-order valence-corrected chi connectivity index (χ3v) is 1.37. The third-order valence-electron chi connectivity index (χ3n) is 1.13. The number of oxime groups is 1. The Morgan fingerprint density at radius 1 is 1.50 bits per heavy atom. The highest BCUT2D eigenvalue weighted by Crippen LogP contribution is 2.10. The van der Waals surface area contributed by atoms with E-state index in [0.717, 1.165) is 12.4 Å². The van der Waals surface area contributed by atoms with Crippen LogP contribution in [0.2, 0.25) is 0 Å². The molecule has 0 aromatic carbocycles. The Balaban J connectivity index is 2.78. The highest BCUT2D eigenvalue weighted by atomic mass is 35.5. The Kier molecular flexibility index (Phi) is 3.52. The molecule has 1 aromatic heterocycles. The summed E-state index contributed by atoms with van der Waals surface area (Å²) in [5.74, 6) is -0.290. The van der Waals surface area contributed by atoms with Gasteiger partial charge in [-0.3, -0.25) is 0 Å². The van der Waals surface area contributed by atoms with Crippen molar-refractivity contribution in [3.05, 3.63) is 18.2 Å². The molecule has 0 saturated heterocycles. The number of ether oxygens (including phenoxy) is 1. The molecule has 0 radical (unpaired) electrons. The second-order valence-electron chi connectivity index (χ2n) is 2.01. The van der Waals surface area contributed by atoms with Crippen LogP contribution in [0.3, 0.4) is 0 Å². The van der Waals surface area contributed by atoms with Gasteiger partial charge in [0.15, 0.2) is 11.6 Å². The summed E-state index contributed by atoms with van der Waals surface area (Å²) in [5.41, 5.74) is 0. The molecule has 0 bridgehead atoms. The largest absolute Gasteiger partial charge is 0.432 e. The fraction of sp³-hybridized carbons (Fsp3) is 0.167. The number of hydrogen-bond acceptors (Lipinski definition) is 5.